The molecule has 4 heterocycles. The molecule has 7 nitrogen and oxygen atoms in total. The summed E-state index contributed by atoms with van der Waals surface area (Å²) in [5.41, 5.74) is 3.36. The second-order valence-electron chi connectivity index (χ2n) is 6.21. The Kier molecular flexibility index (Phi) is 4.82. The summed E-state index contributed by atoms with van der Waals surface area (Å²) in [6.07, 6.45) is 5.43. The number of nitrogens with zero attached hydrogens (tertiary/aromatic N) is 6. The van der Waals surface area contributed by atoms with Crippen LogP contribution in [0.5, 0.6) is 0 Å². The molecule has 0 N–H and O–H groups in total. The zero-order chi connectivity index (χ0) is 17.1. The Labute approximate surface area is 150 Å². The van der Waals surface area contributed by atoms with Crippen LogP contribution in [-0.2, 0) is 31.5 Å². The maximum atomic E-state index is 5.99. The molecule has 0 fully saturated rings. The lowest BCUT2D eigenvalue weighted by molar-refractivity contribution is 0.0829. The van der Waals surface area contributed by atoms with Gasteiger partial charge in [0.15, 0.2) is 0 Å². The monoisotopic (exact) mass is 356 g/mol. The van der Waals surface area contributed by atoms with Crippen molar-refractivity contribution in [3.05, 3.63) is 58.1 Å². The molecule has 0 amide bonds. The van der Waals surface area contributed by atoms with E-state index in [-0.39, 0.29) is 5.92 Å². The van der Waals surface area contributed by atoms with E-state index in [9.17, 15) is 0 Å². The SMILES string of the molecule is Cn1nnc2c1C(COCc1ccncc1)CN(Cc1nccs1)C2. The predicted molar refractivity (Wildman–Crippen MR) is 93.9 cm³/mol. The van der Waals surface area contributed by atoms with Gasteiger partial charge in [0.05, 0.1) is 25.5 Å². The molecule has 0 spiro atoms. The number of aryl methyl sites for hydroxylation is 1. The van der Waals surface area contributed by atoms with Crippen LogP contribution in [-0.4, -0.2) is 43.0 Å². The Bertz CT molecular complexity index is 804. The standard InChI is InChI=1S/C17H20N6OS/c1-22-17-14(12-24-11-13-2-4-18-5-3-13)8-23(9-15(17)20-21-22)10-16-19-6-7-25-16/h2-7,14H,8-12H2,1H3. The molecule has 1 aliphatic rings. The molecule has 0 saturated carbocycles. The number of ether oxygens (including phenoxy) is 1. The highest BCUT2D eigenvalue weighted by Gasteiger charge is 2.30. The average Bonchev–Trinajstić information content (AvgIpc) is 3.26. The summed E-state index contributed by atoms with van der Waals surface area (Å²) < 4.78 is 7.87. The maximum absolute atomic E-state index is 5.99. The summed E-state index contributed by atoms with van der Waals surface area (Å²) in [5, 5.41) is 11.7. The van der Waals surface area contributed by atoms with Crippen LogP contribution in [0.1, 0.15) is 27.9 Å². The van der Waals surface area contributed by atoms with Crippen LogP contribution < -0.4 is 0 Å². The molecule has 0 aromatic carbocycles. The van der Waals surface area contributed by atoms with Crippen molar-refractivity contribution in [2.24, 2.45) is 7.05 Å². The summed E-state index contributed by atoms with van der Waals surface area (Å²) in [6, 6.07) is 3.96. The van der Waals surface area contributed by atoms with Crippen LogP contribution in [0, 0.1) is 0 Å². The van der Waals surface area contributed by atoms with Crippen molar-refractivity contribution in [3.63, 3.8) is 0 Å². The van der Waals surface area contributed by atoms with Crippen molar-refractivity contribution in [3.8, 4) is 0 Å². The van der Waals surface area contributed by atoms with Gasteiger partial charge in [-0.2, -0.15) is 0 Å². The van der Waals surface area contributed by atoms with Gasteiger partial charge in [0.25, 0.3) is 0 Å². The molecule has 3 aromatic rings. The zero-order valence-electron chi connectivity index (χ0n) is 14.1. The third-order valence-corrected chi connectivity index (χ3v) is 5.13. The van der Waals surface area contributed by atoms with Gasteiger partial charge in [-0.3, -0.25) is 14.6 Å². The van der Waals surface area contributed by atoms with E-state index in [0.29, 0.717) is 13.2 Å². The largest absolute Gasteiger partial charge is 0.376 e. The quantitative estimate of drug-likeness (QED) is 0.673. The molecule has 3 aromatic heterocycles. The Balaban J connectivity index is 1.44. The molecule has 1 atom stereocenters. The number of aromatic nitrogens is 5. The van der Waals surface area contributed by atoms with E-state index in [1.165, 1.54) is 5.69 Å². The molecular weight excluding hydrogens is 336 g/mol. The molecule has 0 aliphatic carbocycles. The Morgan fingerprint density at radius 3 is 2.96 bits per heavy atom. The van der Waals surface area contributed by atoms with Gasteiger partial charge in [0.2, 0.25) is 0 Å². The first-order valence-corrected chi connectivity index (χ1v) is 9.13. The summed E-state index contributed by atoms with van der Waals surface area (Å²) >= 11 is 1.69. The highest BCUT2D eigenvalue weighted by Crippen LogP contribution is 2.28. The molecular formula is C17H20N6OS. The molecule has 1 unspecified atom stereocenters. The van der Waals surface area contributed by atoms with Gasteiger partial charge >= 0.3 is 0 Å². The van der Waals surface area contributed by atoms with E-state index in [1.807, 2.05) is 35.4 Å². The summed E-state index contributed by atoms with van der Waals surface area (Å²) in [5.74, 6) is 0.255. The molecule has 130 valence electrons. The lowest BCUT2D eigenvalue weighted by atomic mass is 9.99. The topological polar surface area (TPSA) is 69.0 Å². The van der Waals surface area contributed by atoms with Gasteiger partial charge in [0.1, 0.15) is 10.7 Å². The number of fused-ring (bicyclic) bond motifs is 1. The number of rotatable bonds is 6. The van der Waals surface area contributed by atoms with Crippen LogP contribution in [0.15, 0.2) is 36.1 Å². The van der Waals surface area contributed by atoms with Crippen LogP contribution in [0.2, 0.25) is 0 Å². The van der Waals surface area contributed by atoms with Gasteiger partial charge in [-0.1, -0.05) is 5.21 Å². The van der Waals surface area contributed by atoms with Crippen LogP contribution in [0.3, 0.4) is 0 Å². The van der Waals surface area contributed by atoms with Gasteiger partial charge in [0, 0.05) is 50.0 Å². The van der Waals surface area contributed by atoms with E-state index in [4.69, 9.17) is 4.74 Å². The minimum atomic E-state index is 0.255. The Morgan fingerprint density at radius 2 is 2.16 bits per heavy atom. The lowest BCUT2D eigenvalue weighted by Gasteiger charge is -2.31. The minimum absolute atomic E-state index is 0.255. The van der Waals surface area contributed by atoms with Gasteiger partial charge in [-0.05, 0) is 17.7 Å². The Hall–Kier alpha value is -2.16. The summed E-state index contributed by atoms with van der Waals surface area (Å²) in [4.78, 5) is 10.8. The Morgan fingerprint density at radius 1 is 1.28 bits per heavy atom. The molecule has 0 radical (unpaired) electrons. The second kappa shape index (κ2) is 7.38. The normalized spacial score (nSPS) is 17.6. The first-order valence-electron chi connectivity index (χ1n) is 8.25. The van der Waals surface area contributed by atoms with E-state index >= 15 is 0 Å². The molecule has 25 heavy (non-hydrogen) atoms. The number of pyridine rings is 1. The number of hydrogen-bond acceptors (Lipinski definition) is 7. The maximum Gasteiger partial charge on any atom is 0.107 e. The van der Waals surface area contributed by atoms with Gasteiger partial charge < -0.3 is 4.74 Å². The van der Waals surface area contributed by atoms with Crippen LogP contribution in [0.25, 0.3) is 0 Å². The fourth-order valence-corrected chi connectivity index (χ4v) is 3.92. The third kappa shape index (κ3) is 3.76. The van der Waals surface area contributed by atoms with Gasteiger partial charge in [-0.15, -0.1) is 16.4 Å². The zero-order valence-corrected chi connectivity index (χ0v) is 14.9. The summed E-state index contributed by atoms with van der Waals surface area (Å²) in [6.45, 7) is 3.80. The lowest BCUT2D eigenvalue weighted by Crippen LogP contribution is -2.36. The fourth-order valence-electron chi connectivity index (χ4n) is 3.27. The highest BCUT2D eigenvalue weighted by atomic mass is 32.1. The molecule has 8 heteroatoms. The third-order valence-electron chi connectivity index (χ3n) is 4.36. The summed E-state index contributed by atoms with van der Waals surface area (Å²) in [7, 11) is 1.96. The van der Waals surface area contributed by atoms with E-state index in [2.05, 4.69) is 25.2 Å². The molecule has 0 bridgehead atoms. The molecule has 1 aliphatic heterocycles. The van der Waals surface area contributed by atoms with Crippen molar-refractivity contribution in [1.29, 1.82) is 0 Å². The molecule has 0 saturated heterocycles. The highest BCUT2D eigenvalue weighted by molar-refractivity contribution is 7.09. The number of thiazole rings is 1. The second-order valence-corrected chi connectivity index (χ2v) is 7.19. The predicted octanol–water partition coefficient (Wildman–Crippen LogP) is 1.98. The minimum Gasteiger partial charge on any atom is -0.376 e. The first kappa shape index (κ1) is 16.3. The average molecular weight is 356 g/mol. The van der Waals surface area contributed by atoms with Gasteiger partial charge in [-0.25, -0.2) is 4.98 Å². The van der Waals surface area contributed by atoms with Crippen molar-refractivity contribution in [2.75, 3.05) is 13.2 Å². The van der Waals surface area contributed by atoms with E-state index in [0.717, 1.165) is 35.9 Å². The van der Waals surface area contributed by atoms with Crippen molar-refractivity contribution >= 4 is 11.3 Å². The van der Waals surface area contributed by atoms with E-state index < -0.39 is 0 Å². The van der Waals surface area contributed by atoms with Crippen LogP contribution in [0.4, 0.5) is 0 Å². The fraction of sp³-hybridized carbons (Fsp3) is 0.412. The van der Waals surface area contributed by atoms with Crippen molar-refractivity contribution < 1.29 is 4.74 Å². The van der Waals surface area contributed by atoms with Crippen molar-refractivity contribution in [1.82, 2.24) is 29.9 Å². The van der Waals surface area contributed by atoms with Crippen LogP contribution >= 0.6 is 11.3 Å². The first-order chi connectivity index (χ1) is 12.3. The number of hydrogen-bond donors (Lipinski definition) is 0. The smallest absolute Gasteiger partial charge is 0.107 e. The van der Waals surface area contributed by atoms with E-state index in [1.54, 1.807) is 23.7 Å². The molecule has 4 rings (SSSR count). The van der Waals surface area contributed by atoms with Crippen molar-refractivity contribution in [2.45, 2.75) is 25.6 Å².